The van der Waals surface area contributed by atoms with Gasteiger partial charge >= 0.3 is 0 Å². The van der Waals surface area contributed by atoms with Crippen molar-refractivity contribution in [3.05, 3.63) is 29.8 Å². The Balaban J connectivity index is 2.75. The van der Waals surface area contributed by atoms with E-state index in [1.54, 1.807) is 12.1 Å². The topological polar surface area (TPSA) is 49.4 Å². The molecule has 1 N–H and O–H groups in total. The number of rotatable bonds is 6. The molecule has 0 aromatic heterocycles. The molecule has 0 spiro atoms. The van der Waals surface area contributed by atoms with Gasteiger partial charge in [0.25, 0.3) is 0 Å². The van der Waals surface area contributed by atoms with Gasteiger partial charge in [-0.15, -0.1) is 0 Å². The van der Waals surface area contributed by atoms with Gasteiger partial charge in [0, 0.05) is 14.1 Å². The molecule has 0 aliphatic heterocycles. The van der Waals surface area contributed by atoms with Gasteiger partial charge in [0.15, 0.2) is 0 Å². The van der Waals surface area contributed by atoms with Gasteiger partial charge in [-0.25, -0.2) is 12.7 Å². The second-order valence-corrected chi connectivity index (χ2v) is 6.19. The van der Waals surface area contributed by atoms with Gasteiger partial charge in [-0.05, 0) is 37.2 Å². The standard InChI is InChI=1S/C12H20N2O2S/c1-4-13-10-9-11-5-7-12(8-6-11)17(15,16)14(2)3/h5-8,13H,4,9-10H2,1-3H3. The minimum Gasteiger partial charge on any atom is -0.317 e. The van der Waals surface area contributed by atoms with Crippen molar-refractivity contribution in [1.82, 2.24) is 9.62 Å². The lowest BCUT2D eigenvalue weighted by molar-refractivity contribution is 0.520. The first kappa shape index (κ1) is 14.2. The van der Waals surface area contributed by atoms with E-state index in [1.165, 1.54) is 18.4 Å². The fourth-order valence-electron chi connectivity index (χ4n) is 1.45. The van der Waals surface area contributed by atoms with E-state index in [0.717, 1.165) is 25.1 Å². The average molecular weight is 256 g/mol. The molecule has 0 unspecified atom stereocenters. The highest BCUT2D eigenvalue weighted by atomic mass is 32.2. The predicted octanol–water partition coefficient (Wildman–Crippen LogP) is 1.09. The zero-order chi connectivity index (χ0) is 12.9. The maximum absolute atomic E-state index is 11.8. The molecule has 0 aliphatic carbocycles. The lowest BCUT2D eigenvalue weighted by Crippen LogP contribution is -2.22. The molecule has 1 aromatic carbocycles. The molecular weight excluding hydrogens is 236 g/mol. The van der Waals surface area contributed by atoms with Crippen molar-refractivity contribution in [2.45, 2.75) is 18.2 Å². The molecule has 0 atom stereocenters. The molecule has 0 fully saturated rings. The normalized spacial score (nSPS) is 12.0. The van der Waals surface area contributed by atoms with Crippen molar-refractivity contribution >= 4 is 10.0 Å². The Hall–Kier alpha value is -0.910. The lowest BCUT2D eigenvalue weighted by atomic mass is 10.1. The Kier molecular flexibility index (Phi) is 5.11. The Labute approximate surface area is 104 Å². The molecule has 0 bridgehead atoms. The van der Waals surface area contributed by atoms with Crippen molar-refractivity contribution in [1.29, 1.82) is 0 Å². The van der Waals surface area contributed by atoms with Crippen molar-refractivity contribution in [3.8, 4) is 0 Å². The molecule has 1 rings (SSSR count). The number of benzene rings is 1. The molecule has 0 saturated heterocycles. The molecule has 0 aliphatic rings. The van der Waals surface area contributed by atoms with Gasteiger partial charge in [-0.3, -0.25) is 0 Å². The summed E-state index contributed by atoms with van der Waals surface area (Å²) in [5.41, 5.74) is 1.14. The molecule has 17 heavy (non-hydrogen) atoms. The molecule has 1 aromatic rings. The molecule has 5 heteroatoms. The molecule has 96 valence electrons. The van der Waals surface area contributed by atoms with E-state index in [1.807, 2.05) is 12.1 Å². The smallest absolute Gasteiger partial charge is 0.242 e. The Morgan fingerprint density at radius 3 is 2.24 bits per heavy atom. The summed E-state index contributed by atoms with van der Waals surface area (Å²) in [6.45, 7) is 3.93. The fraction of sp³-hybridized carbons (Fsp3) is 0.500. The third kappa shape index (κ3) is 3.80. The molecule has 0 saturated carbocycles. The van der Waals surface area contributed by atoms with Crippen molar-refractivity contribution < 1.29 is 8.42 Å². The van der Waals surface area contributed by atoms with Crippen molar-refractivity contribution in [2.24, 2.45) is 0 Å². The first-order valence-electron chi connectivity index (χ1n) is 5.70. The largest absolute Gasteiger partial charge is 0.317 e. The molecule has 4 nitrogen and oxygen atoms in total. The number of nitrogens with zero attached hydrogens (tertiary/aromatic N) is 1. The van der Waals surface area contributed by atoms with E-state index in [0.29, 0.717) is 4.90 Å². The highest BCUT2D eigenvalue weighted by Crippen LogP contribution is 2.13. The summed E-state index contributed by atoms with van der Waals surface area (Å²) in [7, 11) is -0.229. The van der Waals surface area contributed by atoms with Crippen LogP contribution in [0.15, 0.2) is 29.2 Å². The van der Waals surface area contributed by atoms with Crippen LogP contribution in [0.25, 0.3) is 0 Å². The third-order valence-corrected chi connectivity index (χ3v) is 4.37. The van der Waals surface area contributed by atoms with E-state index in [-0.39, 0.29) is 0 Å². The summed E-state index contributed by atoms with van der Waals surface area (Å²) in [4.78, 5) is 0.342. The quantitative estimate of drug-likeness (QED) is 0.775. The summed E-state index contributed by atoms with van der Waals surface area (Å²) in [5, 5.41) is 3.23. The van der Waals surface area contributed by atoms with Crippen molar-refractivity contribution in [3.63, 3.8) is 0 Å². The predicted molar refractivity (Wildman–Crippen MR) is 69.6 cm³/mol. The van der Waals surface area contributed by atoms with Gasteiger partial charge in [-0.2, -0.15) is 0 Å². The lowest BCUT2D eigenvalue weighted by Gasteiger charge is -2.11. The second kappa shape index (κ2) is 6.14. The second-order valence-electron chi connectivity index (χ2n) is 4.03. The van der Waals surface area contributed by atoms with Crippen LogP contribution in [0.3, 0.4) is 0 Å². The highest BCUT2D eigenvalue weighted by molar-refractivity contribution is 7.89. The van der Waals surface area contributed by atoms with Crippen LogP contribution in [-0.4, -0.2) is 39.9 Å². The summed E-state index contributed by atoms with van der Waals surface area (Å²) in [6.07, 6.45) is 0.913. The number of hydrogen-bond donors (Lipinski definition) is 1. The van der Waals surface area contributed by atoms with Gasteiger partial charge in [0.1, 0.15) is 0 Å². The maximum atomic E-state index is 11.8. The molecule has 0 heterocycles. The Bertz CT molecular complexity index is 438. The van der Waals surface area contributed by atoms with Gasteiger partial charge in [0.2, 0.25) is 10.0 Å². The Morgan fingerprint density at radius 2 is 1.76 bits per heavy atom. The molecule has 0 amide bonds. The molecular formula is C12H20N2O2S. The minimum atomic E-state index is -3.30. The van der Waals surface area contributed by atoms with Crippen LogP contribution in [0.2, 0.25) is 0 Å². The van der Waals surface area contributed by atoms with Crippen LogP contribution in [0.4, 0.5) is 0 Å². The van der Waals surface area contributed by atoms with E-state index >= 15 is 0 Å². The average Bonchev–Trinajstić information content (AvgIpc) is 2.30. The first-order valence-corrected chi connectivity index (χ1v) is 7.14. The number of likely N-dealkylation sites (N-methyl/N-ethyl adjacent to an activating group) is 1. The summed E-state index contributed by atoms with van der Waals surface area (Å²) >= 11 is 0. The fourth-order valence-corrected chi connectivity index (χ4v) is 2.35. The zero-order valence-corrected chi connectivity index (χ0v) is 11.4. The number of sulfonamides is 1. The number of nitrogens with one attached hydrogen (secondary N) is 1. The summed E-state index contributed by atoms with van der Waals surface area (Å²) in [6, 6.07) is 7.06. The van der Waals surface area contributed by atoms with Crippen LogP contribution < -0.4 is 5.32 Å². The monoisotopic (exact) mass is 256 g/mol. The third-order valence-electron chi connectivity index (χ3n) is 2.54. The van der Waals surface area contributed by atoms with E-state index in [9.17, 15) is 8.42 Å². The summed E-state index contributed by atoms with van der Waals surface area (Å²) in [5.74, 6) is 0. The van der Waals surface area contributed by atoms with E-state index in [2.05, 4.69) is 12.2 Å². The van der Waals surface area contributed by atoms with E-state index in [4.69, 9.17) is 0 Å². The van der Waals surface area contributed by atoms with Crippen LogP contribution >= 0.6 is 0 Å². The number of hydrogen-bond acceptors (Lipinski definition) is 3. The van der Waals surface area contributed by atoms with Crippen LogP contribution in [-0.2, 0) is 16.4 Å². The van der Waals surface area contributed by atoms with Gasteiger partial charge in [-0.1, -0.05) is 19.1 Å². The highest BCUT2D eigenvalue weighted by Gasteiger charge is 2.16. The summed E-state index contributed by atoms with van der Waals surface area (Å²) < 4.78 is 24.9. The van der Waals surface area contributed by atoms with Crippen LogP contribution in [0.1, 0.15) is 12.5 Å². The van der Waals surface area contributed by atoms with Crippen molar-refractivity contribution in [2.75, 3.05) is 27.2 Å². The maximum Gasteiger partial charge on any atom is 0.242 e. The van der Waals surface area contributed by atoms with Gasteiger partial charge in [0.05, 0.1) is 4.90 Å². The van der Waals surface area contributed by atoms with Gasteiger partial charge < -0.3 is 5.32 Å². The first-order chi connectivity index (χ1) is 7.98. The SMILES string of the molecule is CCNCCc1ccc(S(=O)(=O)N(C)C)cc1. The van der Waals surface area contributed by atoms with Crippen LogP contribution in [0.5, 0.6) is 0 Å². The zero-order valence-electron chi connectivity index (χ0n) is 10.6. The molecule has 0 radical (unpaired) electrons. The minimum absolute atomic E-state index is 0.342. The van der Waals surface area contributed by atoms with E-state index < -0.39 is 10.0 Å². The Morgan fingerprint density at radius 1 is 1.18 bits per heavy atom. The van der Waals surface area contributed by atoms with Crippen LogP contribution in [0, 0.1) is 0 Å².